The van der Waals surface area contributed by atoms with Crippen LogP contribution in [-0.4, -0.2) is 21.0 Å². The van der Waals surface area contributed by atoms with Gasteiger partial charge >= 0.3 is 0 Å². The third-order valence-corrected chi connectivity index (χ3v) is 4.93. The van der Waals surface area contributed by atoms with Gasteiger partial charge in [-0.15, -0.1) is 0 Å². The quantitative estimate of drug-likeness (QED) is 0.890. The van der Waals surface area contributed by atoms with Crippen LogP contribution in [0.15, 0.2) is 53.4 Å². The lowest BCUT2D eigenvalue weighted by Gasteiger charge is -2.15. The van der Waals surface area contributed by atoms with Crippen molar-refractivity contribution >= 4 is 10.8 Å². The average molecular weight is 290 g/mol. The summed E-state index contributed by atoms with van der Waals surface area (Å²) in [6, 6.07) is 14.1. The van der Waals surface area contributed by atoms with Gasteiger partial charge in [-0.25, -0.2) is 0 Å². The molecule has 2 aromatic rings. The lowest BCUT2D eigenvalue weighted by molar-refractivity contribution is 0.294. The second-order valence-electron chi connectivity index (χ2n) is 4.56. The molecule has 0 spiro atoms. The Bertz CT molecular complexity index is 576. The number of phenols is 1. The molecule has 0 aliphatic heterocycles. The maximum absolute atomic E-state index is 12.5. The van der Waals surface area contributed by atoms with Crippen molar-refractivity contribution in [2.45, 2.75) is 23.5 Å². The van der Waals surface area contributed by atoms with Gasteiger partial charge in [0, 0.05) is 4.90 Å². The Morgan fingerprint density at radius 1 is 1.05 bits per heavy atom. The minimum atomic E-state index is -1.35. The molecule has 106 valence electrons. The van der Waals surface area contributed by atoms with E-state index in [9.17, 15) is 14.4 Å². The van der Waals surface area contributed by atoms with Gasteiger partial charge in [-0.2, -0.15) is 0 Å². The number of aryl methyl sites for hydroxylation is 1. The number of phenolic OH excluding ortho intramolecular Hbond substituents is 1. The molecule has 0 fully saturated rings. The topological polar surface area (TPSA) is 57.5 Å². The SMILES string of the molecule is CCc1ccc(C(CO)S(=O)c2ccc(O)cc2)cc1. The van der Waals surface area contributed by atoms with E-state index < -0.39 is 16.0 Å². The zero-order valence-electron chi connectivity index (χ0n) is 11.3. The number of hydrogen-bond donors (Lipinski definition) is 2. The zero-order valence-corrected chi connectivity index (χ0v) is 12.1. The van der Waals surface area contributed by atoms with Crippen LogP contribution in [0.1, 0.15) is 23.3 Å². The number of aliphatic hydroxyl groups is 1. The van der Waals surface area contributed by atoms with Crippen molar-refractivity contribution < 1.29 is 14.4 Å². The molecule has 20 heavy (non-hydrogen) atoms. The van der Waals surface area contributed by atoms with Crippen LogP contribution in [0.3, 0.4) is 0 Å². The fraction of sp³-hybridized carbons (Fsp3) is 0.250. The molecule has 2 aromatic carbocycles. The van der Waals surface area contributed by atoms with Gasteiger partial charge in [-0.1, -0.05) is 31.2 Å². The monoisotopic (exact) mass is 290 g/mol. The van der Waals surface area contributed by atoms with Crippen molar-refractivity contribution in [3.8, 4) is 5.75 Å². The second kappa shape index (κ2) is 6.68. The first-order valence-corrected chi connectivity index (χ1v) is 7.76. The largest absolute Gasteiger partial charge is 0.508 e. The highest BCUT2D eigenvalue weighted by Crippen LogP contribution is 2.26. The highest BCUT2D eigenvalue weighted by Gasteiger charge is 2.19. The molecule has 2 atom stereocenters. The standard InChI is InChI=1S/C16H18O3S/c1-2-12-3-5-13(6-4-12)16(11-17)20(19)15-9-7-14(18)8-10-15/h3-10,16-18H,2,11H2,1H3. The molecule has 3 nitrogen and oxygen atoms in total. The third kappa shape index (κ3) is 3.26. The van der Waals surface area contributed by atoms with Gasteiger partial charge in [0.2, 0.25) is 0 Å². The number of aromatic hydroxyl groups is 1. The molecule has 0 bridgehead atoms. The summed E-state index contributed by atoms with van der Waals surface area (Å²) < 4.78 is 12.5. The molecular weight excluding hydrogens is 272 g/mol. The van der Waals surface area contributed by atoms with E-state index in [4.69, 9.17) is 0 Å². The van der Waals surface area contributed by atoms with E-state index in [2.05, 4.69) is 6.92 Å². The average Bonchev–Trinajstić information content (AvgIpc) is 2.49. The Hall–Kier alpha value is -1.65. The fourth-order valence-electron chi connectivity index (χ4n) is 2.01. The van der Waals surface area contributed by atoms with E-state index in [-0.39, 0.29) is 12.4 Å². The molecule has 0 amide bonds. The summed E-state index contributed by atoms with van der Waals surface area (Å²) in [5.41, 5.74) is 2.07. The Kier molecular flexibility index (Phi) is 4.93. The van der Waals surface area contributed by atoms with Crippen LogP contribution < -0.4 is 0 Å². The molecular formula is C16H18O3S. The highest BCUT2D eigenvalue weighted by atomic mass is 32.2. The zero-order chi connectivity index (χ0) is 14.5. The van der Waals surface area contributed by atoms with Crippen LogP contribution in [0.5, 0.6) is 5.75 Å². The summed E-state index contributed by atoms with van der Waals surface area (Å²) >= 11 is 0. The van der Waals surface area contributed by atoms with Crippen molar-refractivity contribution in [2.75, 3.05) is 6.61 Å². The van der Waals surface area contributed by atoms with Gasteiger partial charge in [-0.05, 0) is 41.8 Å². The highest BCUT2D eigenvalue weighted by molar-refractivity contribution is 7.85. The van der Waals surface area contributed by atoms with Gasteiger partial charge < -0.3 is 10.2 Å². The molecule has 0 aliphatic rings. The summed E-state index contributed by atoms with van der Waals surface area (Å²) in [7, 11) is -1.35. The summed E-state index contributed by atoms with van der Waals surface area (Å²) in [6.07, 6.45) is 0.950. The van der Waals surface area contributed by atoms with Gasteiger partial charge in [0.25, 0.3) is 0 Å². The van der Waals surface area contributed by atoms with E-state index in [1.165, 1.54) is 17.7 Å². The van der Waals surface area contributed by atoms with Crippen LogP contribution >= 0.6 is 0 Å². The van der Waals surface area contributed by atoms with Gasteiger partial charge in [0.15, 0.2) is 0 Å². The van der Waals surface area contributed by atoms with E-state index >= 15 is 0 Å². The number of benzene rings is 2. The molecule has 0 aliphatic carbocycles. The third-order valence-electron chi connectivity index (χ3n) is 3.25. The summed E-state index contributed by atoms with van der Waals surface area (Å²) in [4.78, 5) is 0.599. The molecule has 0 saturated heterocycles. The predicted octanol–water partition coefficient (Wildman–Crippen LogP) is 2.80. The van der Waals surface area contributed by atoms with Crippen LogP contribution in [0.2, 0.25) is 0 Å². The van der Waals surface area contributed by atoms with Crippen molar-refractivity contribution in [1.29, 1.82) is 0 Å². The first kappa shape index (κ1) is 14.8. The first-order valence-electron chi connectivity index (χ1n) is 6.55. The minimum Gasteiger partial charge on any atom is -0.508 e. The smallest absolute Gasteiger partial charge is 0.115 e. The van der Waals surface area contributed by atoms with Crippen molar-refractivity contribution in [3.05, 3.63) is 59.7 Å². The van der Waals surface area contributed by atoms with Crippen LogP contribution in [-0.2, 0) is 17.2 Å². The molecule has 0 radical (unpaired) electrons. The Morgan fingerprint density at radius 3 is 2.15 bits per heavy atom. The van der Waals surface area contributed by atoms with Gasteiger partial charge in [0.05, 0.1) is 22.7 Å². The number of rotatable bonds is 5. The van der Waals surface area contributed by atoms with E-state index in [1.54, 1.807) is 12.1 Å². The van der Waals surface area contributed by atoms with Crippen LogP contribution in [0.4, 0.5) is 0 Å². The van der Waals surface area contributed by atoms with Crippen molar-refractivity contribution in [3.63, 3.8) is 0 Å². The molecule has 2 unspecified atom stereocenters. The lowest BCUT2D eigenvalue weighted by Crippen LogP contribution is -2.11. The molecule has 0 heterocycles. The maximum Gasteiger partial charge on any atom is 0.115 e. The Labute approximate surface area is 121 Å². The number of hydrogen-bond acceptors (Lipinski definition) is 3. The van der Waals surface area contributed by atoms with Crippen LogP contribution in [0, 0.1) is 0 Å². The number of aliphatic hydroxyl groups excluding tert-OH is 1. The van der Waals surface area contributed by atoms with E-state index in [0.29, 0.717) is 4.90 Å². The van der Waals surface area contributed by atoms with E-state index in [1.807, 2.05) is 24.3 Å². The predicted molar refractivity (Wildman–Crippen MR) is 80.2 cm³/mol. The van der Waals surface area contributed by atoms with E-state index in [0.717, 1.165) is 12.0 Å². The second-order valence-corrected chi connectivity index (χ2v) is 6.19. The first-order chi connectivity index (χ1) is 9.65. The van der Waals surface area contributed by atoms with Crippen molar-refractivity contribution in [1.82, 2.24) is 0 Å². The van der Waals surface area contributed by atoms with Crippen molar-refractivity contribution in [2.24, 2.45) is 0 Å². The minimum absolute atomic E-state index is 0.138. The molecule has 0 saturated carbocycles. The molecule has 2 N–H and O–H groups in total. The summed E-state index contributed by atoms with van der Waals surface area (Å²) in [6.45, 7) is 1.89. The molecule has 2 rings (SSSR count). The lowest BCUT2D eigenvalue weighted by atomic mass is 10.1. The summed E-state index contributed by atoms with van der Waals surface area (Å²) in [5.74, 6) is 0.138. The van der Waals surface area contributed by atoms with Gasteiger partial charge in [0.1, 0.15) is 5.75 Å². The summed E-state index contributed by atoms with van der Waals surface area (Å²) in [5, 5.41) is 18.4. The maximum atomic E-state index is 12.5. The fourth-order valence-corrected chi connectivity index (χ4v) is 3.28. The normalized spacial score (nSPS) is 13.9. The Morgan fingerprint density at radius 2 is 1.65 bits per heavy atom. The van der Waals surface area contributed by atoms with Gasteiger partial charge in [-0.3, -0.25) is 4.21 Å². The molecule has 4 heteroatoms. The Balaban J connectivity index is 2.26. The van der Waals surface area contributed by atoms with Crippen LogP contribution in [0.25, 0.3) is 0 Å². The molecule has 0 aromatic heterocycles.